The summed E-state index contributed by atoms with van der Waals surface area (Å²) < 4.78 is 10.5. The lowest BCUT2D eigenvalue weighted by atomic mass is 9.93. The van der Waals surface area contributed by atoms with Crippen LogP contribution in [-0.2, 0) is 24.8 Å². The second-order valence-corrected chi connectivity index (χ2v) is 10.0. The normalized spacial score (nSPS) is 18.1. The van der Waals surface area contributed by atoms with Gasteiger partial charge in [0.2, 0.25) is 0 Å². The van der Waals surface area contributed by atoms with E-state index in [4.69, 9.17) is 16.3 Å². The first kappa shape index (κ1) is 24.4. The third kappa shape index (κ3) is 4.61. The highest BCUT2D eigenvalue weighted by atomic mass is 35.5. The number of aryl methyl sites for hydroxylation is 3. The van der Waals surface area contributed by atoms with Crippen molar-refractivity contribution in [3.8, 4) is 11.3 Å². The van der Waals surface area contributed by atoms with E-state index in [9.17, 15) is 9.59 Å². The number of rotatable bonds is 5. The van der Waals surface area contributed by atoms with Gasteiger partial charge in [0.05, 0.1) is 30.0 Å². The Hall–Kier alpha value is -3.27. The van der Waals surface area contributed by atoms with Gasteiger partial charge < -0.3 is 14.6 Å². The summed E-state index contributed by atoms with van der Waals surface area (Å²) in [6, 6.07) is 5.81. The van der Waals surface area contributed by atoms with Crippen molar-refractivity contribution in [2.75, 3.05) is 13.1 Å². The van der Waals surface area contributed by atoms with E-state index in [2.05, 4.69) is 22.3 Å². The standard InChI is InChI=1S/C26H29ClN6O3/c1-15-5-19(27)7-22(21(15)8-20-10-28-9-17(3)36-20)24-23-6-18(13-33(23)30-14-29-24)12-32-25(34)16(2)11-31(4)26(32)35/h5-7,11,13-14,17,20,28H,8-10,12H2,1-4H3. The summed E-state index contributed by atoms with van der Waals surface area (Å²) in [4.78, 5) is 29.9. The van der Waals surface area contributed by atoms with Gasteiger partial charge in [-0.05, 0) is 55.7 Å². The van der Waals surface area contributed by atoms with Gasteiger partial charge in [-0.2, -0.15) is 5.10 Å². The SMILES string of the molecule is Cc1cc(Cl)cc(-c2ncnn3cc(Cn4c(=O)c(C)cn(C)c4=O)cc23)c1CC1CNCC(C)O1. The molecule has 1 aliphatic rings. The maximum absolute atomic E-state index is 12.7. The Kier molecular flexibility index (Phi) is 6.55. The molecule has 0 bridgehead atoms. The molecule has 4 heterocycles. The number of aromatic nitrogens is 5. The second-order valence-electron chi connectivity index (χ2n) is 9.56. The minimum atomic E-state index is -0.366. The number of halogens is 1. The Bertz CT molecular complexity index is 1540. The smallest absolute Gasteiger partial charge is 0.331 e. The zero-order valence-corrected chi connectivity index (χ0v) is 21.5. The molecule has 3 aromatic heterocycles. The van der Waals surface area contributed by atoms with Crippen molar-refractivity contribution in [3.05, 3.63) is 85.0 Å². The monoisotopic (exact) mass is 508 g/mol. The van der Waals surface area contributed by atoms with E-state index in [1.165, 1.54) is 15.5 Å². The van der Waals surface area contributed by atoms with Gasteiger partial charge in [-0.25, -0.2) is 14.3 Å². The molecule has 0 saturated carbocycles. The van der Waals surface area contributed by atoms with Crippen LogP contribution in [-0.4, -0.2) is 49.0 Å². The number of hydrogen-bond donors (Lipinski definition) is 1. The zero-order chi connectivity index (χ0) is 25.6. The fraction of sp³-hybridized carbons (Fsp3) is 0.385. The van der Waals surface area contributed by atoms with Crippen LogP contribution in [0.15, 0.2) is 46.5 Å². The van der Waals surface area contributed by atoms with Crippen LogP contribution in [0, 0.1) is 13.8 Å². The highest BCUT2D eigenvalue weighted by molar-refractivity contribution is 6.31. The van der Waals surface area contributed by atoms with Gasteiger partial charge in [-0.15, -0.1) is 0 Å². The average molecular weight is 509 g/mol. The lowest BCUT2D eigenvalue weighted by Crippen LogP contribution is -2.44. The number of nitrogens with one attached hydrogen (secondary N) is 1. The molecule has 1 fully saturated rings. The zero-order valence-electron chi connectivity index (χ0n) is 20.8. The lowest BCUT2D eigenvalue weighted by molar-refractivity contribution is -0.0262. The van der Waals surface area contributed by atoms with Gasteiger partial charge in [0.25, 0.3) is 5.56 Å². The molecule has 0 radical (unpaired) electrons. The third-order valence-corrected chi connectivity index (χ3v) is 6.88. The Morgan fingerprint density at radius 1 is 1.14 bits per heavy atom. The maximum atomic E-state index is 12.7. The van der Waals surface area contributed by atoms with Gasteiger partial charge in [0.15, 0.2) is 0 Å². The van der Waals surface area contributed by atoms with Crippen LogP contribution in [0.5, 0.6) is 0 Å². The lowest BCUT2D eigenvalue weighted by Gasteiger charge is -2.30. The van der Waals surface area contributed by atoms with E-state index in [-0.39, 0.29) is 30.0 Å². The largest absolute Gasteiger partial charge is 0.372 e. The number of nitrogens with zero attached hydrogens (tertiary/aromatic N) is 5. The molecule has 9 nitrogen and oxygen atoms in total. The van der Waals surface area contributed by atoms with Crippen molar-refractivity contribution in [3.63, 3.8) is 0 Å². The molecule has 2 unspecified atom stereocenters. The summed E-state index contributed by atoms with van der Waals surface area (Å²) in [6.07, 6.45) is 5.78. The van der Waals surface area contributed by atoms with Gasteiger partial charge in [0, 0.05) is 55.1 Å². The molecule has 1 aromatic carbocycles. The highest BCUT2D eigenvalue weighted by Crippen LogP contribution is 2.33. The fourth-order valence-corrected chi connectivity index (χ4v) is 5.24. The third-order valence-electron chi connectivity index (χ3n) is 6.66. The number of ether oxygens (including phenoxy) is 1. The quantitative estimate of drug-likeness (QED) is 0.445. The molecular weight excluding hydrogens is 480 g/mol. The van der Waals surface area contributed by atoms with Crippen LogP contribution in [0.1, 0.15) is 29.2 Å². The van der Waals surface area contributed by atoms with Gasteiger partial charge in [-0.3, -0.25) is 9.36 Å². The predicted molar refractivity (Wildman–Crippen MR) is 139 cm³/mol. The Labute approximate surface area is 213 Å². The van der Waals surface area contributed by atoms with Crippen LogP contribution in [0.2, 0.25) is 5.02 Å². The molecule has 36 heavy (non-hydrogen) atoms. The van der Waals surface area contributed by atoms with E-state index < -0.39 is 0 Å². The summed E-state index contributed by atoms with van der Waals surface area (Å²) in [6.45, 7) is 7.57. The van der Waals surface area contributed by atoms with Crippen molar-refractivity contribution in [2.45, 2.75) is 45.9 Å². The summed E-state index contributed by atoms with van der Waals surface area (Å²) >= 11 is 6.50. The number of benzene rings is 1. The predicted octanol–water partition coefficient (Wildman–Crippen LogP) is 2.49. The van der Waals surface area contributed by atoms with Crippen LogP contribution in [0.25, 0.3) is 16.8 Å². The minimum Gasteiger partial charge on any atom is -0.372 e. The second kappa shape index (κ2) is 9.65. The summed E-state index contributed by atoms with van der Waals surface area (Å²) in [5, 5.41) is 8.43. The van der Waals surface area contributed by atoms with E-state index in [1.54, 1.807) is 24.7 Å². The van der Waals surface area contributed by atoms with Crippen molar-refractivity contribution < 1.29 is 4.74 Å². The van der Waals surface area contributed by atoms with Crippen LogP contribution < -0.4 is 16.6 Å². The Morgan fingerprint density at radius 2 is 1.94 bits per heavy atom. The Morgan fingerprint density at radius 3 is 2.72 bits per heavy atom. The first-order valence-corrected chi connectivity index (χ1v) is 12.3. The maximum Gasteiger partial charge on any atom is 0.331 e. The molecule has 0 amide bonds. The topological polar surface area (TPSA) is 95.5 Å². The van der Waals surface area contributed by atoms with Crippen LogP contribution in [0.3, 0.4) is 0 Å². The molecule has 188 valence electrons. The number of morpholine rings is 1. The first-order chi connectivity index (χ1) is 17.2. The molecule has 0 aliphatic carbocycles. The van der Waals surface area contributed by atoms with Crippen molar-refractivity contribution in [1.82, 2.24) is 29.0 Å². The van der Waals surface area contributed by atoms with E-state index >= 15 is 0 Å². The number of hydrogen-bond acceptors (Lipinski definition) is 6. The summed E-state index contributed by atoms with van der Waals surface area (Å²) in [7, 11) is 1.64. The molecule has 10 heteroatoms. The average Bonchev–Trinajstić information content (AvgIpc) is 3.25. The molecule has 2 atom stereocenters. The van der Waals surface area contributed by atoms with Crippen LogP contribution >= 0.6 is 11.6 Å². The molecular formula is C26H29ClN6O3. The summed E-state index contributed by atoms with van der Waals surface area (Å²) in [5.74, 6) is 0. The molecule has 1 aliphatic heterocycles. The van der Waals surface area contributed by atoms with Gasteiger partial charge in [-0.1, -0.05) is 11.6 Å². The van der Waals surface area contributed by atoms with Crippen LogP contribution in [0.4, 0.5) is 0 Å². The summed E-state index contributed by atoms with van der Waals surface area (Å²) in [5.41, 5.74) is 5.22. The minimum absolute atomic E-state index is 0.0389. The van der Waals surface area contributed by atoms with Gasteiger partial charge in [0.1, 0.15) is 6.33 Å². The van der Waals surface area contributed by atoms with Crippen molar-refractivity contribution >= 4 is 17.1 Å². The molecule has 0 spiro atoms. The fourth-order valence-electron chi connectivity index (χ4n) is 4.97. The van der Waals surface area contributed by atoms with E-state index in [1.807, 2.05) is 31.3 Å². The van der Waals surface area contributed by atoms with Crippen molar-refractivity contribution in [1.29, 1.82) is 0 Å². The number of fused-ring (bicyclic) bond motifs is 1. The first-order valence-electron chi connectivity index (χ1n) is 12.0. The molecule has 5 rings (SSSR count). The molecule has 1 N–H and O–H groups in total. The van der Waals surface area contributed by atoms with Crippen molar-refractivity contribution in [2.24, 2.45) is 7.05 Å². The molecule has 1 saturated heterocycles. The Balaban J connectivity index is 1.59. The van der Waals surface area contributed by atoms with E-state index in [0.717, 1.165) is 46.6 Å². The molecule has 4 aromatic rings. The highest BCUT2D eigenvalue weighted by Gasteiger charge is 2.23. The van der Waals surface area contributed by atoms with E-state index in [0.29, 0.717) is 17.0 Å². The van der Waals surface area contributed by atoms with Gasteiger partial charge >= 0.3 is 5.69 Å².